The Kier molecular flexibility index (Phi) is 4.78. The average Bonchev–Trinajstić information content (AvgIpc) is 2.57. The highest BCUT2D eigenvalue weighted by molar-refractivity contribution is 6.42. The molecule has 24 heavy (non-hydrogen) atoms. The Balaban J connectivity index is 1.71. The van der Waals surface area contributed by atoms with Gasteiger partial charge in [0, 0.05) is 6.42 Å². The van der Waals surface area contributed by atoms with Crippen LogP contribution < -0.4 is 5.32 Å². The topological polar surface area (TPSA) is 55.4 Å². The number of hydrogen-bond acceptors (Lipinski definition) is 3. The van der Waals surface area contributed by atoms with Crippen LogP contribution in [0.2, 0.25) is 10.0 Å². The van der Waals surface area contributed by atoms with E-state index in [1.54, 1.807) is 30.3 Å². The number of hydrogen-bond donors (Lipinski definition) is 1. The van der Waals surface area contributed by atoms with E-state index in [1.165, 1.54) is 0 Å². The number of fused-ring (bicyclic) bond motifs is 1. The van der Waals surface area contributed by atoms with E-state index < -0.39 is 12.1 Å². The molecule has 0 unspecified atom stereocenters. The van der Waals surface area contributed by atoms with Gasteiger partial charge in [0.15, 0.2) is 6.10 Å². The lowest BCUT2D eigenvalue weighted by atomic mass is 9.98. The molecule has 0 radical (unpaired) electrons. The molecule has 0 fully saturated rings. The summed E-state index contributed by atoms with van der Waals surface area (Å²) in [6.07, 6.45) is -0.473. The number of ether oxygens (including phenoxy) is 1. The number of amides is 1. The highest BCUT2D eigenvalue weighted by atomic mass is 35.5. The minimum absolute atomic E-state index is 0.289. The van der Waals surface area contributed by atoms with Crippen LogP contribution in [0.5, 0.6) is 0 Å². The van der Waals surface area contributed by atoms with Crippen molar-refractivity contribution < 1.29 is 14.3 Å². The van der Waals surface area contributed by atoms with Gasteiger partial charge in [-0.15, -0.1) is 0 Å². The van der Waals surface area contributed by atoms with Crippen molar-refractivity contribution in [3.8, 4) is 0 Å². The van der Waals surface area contributed by atoms with Crippen LogP contribution in [0.25, 0.3) is 0 Å². The quantitative estimate of drug-likeness (QED) is 0.839. The first-order chi connectivity index (χ1) is 11.5. The van der Waals surface area contributed by atoms with Crippen molar-refractivity contribution in [3.63, 3.8) is 0 Å². The van der Waals surface area contributed by atoms with Crippen molar-refractivity contribution >= 4 is 35.1 Å². The van der Waals surface area contributed by atoms with E-state index >= 15 is 0 Å². The summed E-state index contributed by atoms with van der Waals surface area (Å²) in [5.41, 5.74) is 2.15. The Hall–Kier alpha value is -2.04. The summed E-state index contributed by atoms with van der Waals surface area (Å²) < 4.78 is 5.26. The minimum Gasteiger partial charge on any atom is -0.448 e. The van der Waals surface area contributed by atoms with Crippen LogP contribution in [-0.4, -0.2) is 18.0 Å². The molecule has 0 bridgehead atoms. The largest absolute Gasteiger partial charge is 0.448 e. The van der Waals surface area contributed by atoms with Gasteiger partial charge in [-0.3, -0.25) is 4.79 Å². The van der Waals surface area contributed by atoms with E-state index in [1.807, 2.05) is 19.1 Å². The van der Waals surface area contributed by atoms with E-state index in [2.05, 4.69) is 5.32 Å². The Morgan fingerprint density at radius 1 is 1.21 bits per heavy atom. The van der Waals surface area contributed by atoms with Crippen LogP contribution in [0.1, 0.15) is 34.5 Å². The fourth-order valence-electron chi connectivity index (χ4n) is 2.65. The third-order valence-electron chi connectivity index (χ3n) is 3.99. The van der Waals surface area contributed by atoms with E-state index in [9.17, 15) is 9.59 Å². The van der Waals surface area contributed by atoms with E-state index in [0.717, 1.165) is 11.1 Å². The molecule has 1 N–H and O–H groups in total. The van der Waals surface area contributed by atoms with Gasteiger partial charge >= 0.3 is 5.97 Å². The van der Waals surface area contributed by atoms with Crippen molar-refractivity contribution in [3.05, 3.63) is 69.2 Å². The normalized spacial score (nSPS) is 17.6. The van der Waals surface area contributed by atoms with Crippen LogP contribution in [0.3, 0.4) is 0 Å². The van der Waals surface area contributed by atoms with Gasteiger partial charge in [0.2, 0.25) is 0 Å². The third kappa shape index (κ3) is 3.40. The molecule has 1 heterocycles. The van der Waals surface area contributed by atoms with Gasteiger partial charge < -0.3 is 10.1 Å². The predicted octanol–water partition coefficient (Wildman–Crippen LogP) is 3.95. The summed E-state index contributed by atoms with van der Waals surface area (Å²) in [7, 11) is 0. The first-order valence-electron chi connectivity index (χ1n) is 7.50. The van der Waals surface area contributed by atoms with Crippen LogP contribution in [0.4, 0.5) is 0 Å². The standard InChI is InChI=1S/C18H15Cl2NO3/c1-10(11-6-7-14(19)15(20)8-11)21-17(22)16-9-12-4-2-3-5-13(12)18(23)24-16/h2-8,10,16H,9H2,1H3,(H,21,22)/t10-,16+/m0/s1. The molecular weight excluding hydrogens is 349 g/mol. The van der Waals surface area contributed by atoms with Gasteiger partial charge in [-0.1, -0.05) is 47.5 Å². The number of esters is 1. The Bertz CT molecular complexity index is 807. The third-order valence-corrected chi connectivity index (χ3v) is 4.73. The second kappa shape index (κ2) is 6.83. The number of carbonyl (C=O) groups is 2. The molecule has 6 heteroatoms. The lowest BCUT2D eigenvalue weighted by Crippen LogP contribution is -2.42. The van der Waals surface area contributed by atoms with Crippen molar-refractivity contribution in [1.82, 2.24) is 5.32 Å². The van der Waals surface area contributed by atoms with Gasteiger partial charge in [0.05, 0.1) is 21.7 Å². The maximum Gasteiger partial charge on any atom is 0.339 e. The van der Waals surface area contributed by atoms with Crippen LogP contribution >= 0.6 is 23.2 Å². The molecule has 1 amide bonds. The van der Waals surface area contributed by atoms with Gasteiger partial charge in [0.25, 0.3) is 5.91 Å². The molecule has 2 atom stereocenters. The number of cyclic esters (lactones) is 1. The molecule has 1 aliphatic heterocycles. The predicted molar refractivity (Wildman–Crippen MR) is 92.4 cm³/mol. The summed E-state index contributed by atoms with van der Waals surface area (Å²) in [6.45, 7) is 1.83. The molecule has 0 saturated heterocycles. The summed E-state index contributed by atoms with van der Waals surface area (Å²) in [6, 6.07) is 12.0. The highest BCUT2D eigenvalue weighted by Gasteiger charge is 2.31. The molecule has 2 aromatic carbocycles. The molecule has 2 aromatic rings. The lowest BCUT2D eigenvalue weighted by Gasteiger charge is -2.25. The van der Waals surface area contributed by atoms with Crippen molar-refractivity contribution in [2.75, 3.05) is 0 Å². The number of carbonyl (C=O) groups excluding carboxylic acids is 2. The Labute approximate surface area is 149 Å². The first kappa shape index (κ1) is 16.8. The SMILES string of the molecule is C[C@H](NC(=O)[C@H]1Cc2ccccc2C(=O)O1)c1ccc(Cl)c(Cl)c1. The van der Waals surface area contributed by atoms with Crippen molar-refractivity contribution in [1.29, 1.82) is 0 Å². The summed E-state index contributed by atoms with van der Waals surface area (Å²) in [5, 5.41) is 3.73. The fourth-order valence-corrected chi connectivity index (χ4v) is 2.96. The lowest BCUT2D eigenvalue weighted by molar-refractivity contribution is -0.131. The number of nitrogens with one attached hydrogen (secondary N) is 1. The van der Waals surface area contributed by atoms with Gasteiger partial charge in [-0.05, 0) is 36.2 Å². The fraction of sp³-hybridized carbons (Fsp3) is 0.222. The summed E-state index contributed by atoms with van der Waals surface area (Å²) >= 11 is 11.9. The molecule has 3 rings (SSSR count). The smallest absolute Gasteiger partial charge is 0.339 e. The molecule has 0 saturated carbocycles. The number of halogens is 2. The maximum atomic E-state index is 12.4. The average molecular weight is 364 g/mol. The Morgan fingerprint density at radius 2 is 1.96 bits per heavy atom. The van der Waals surface area contributed by atoms with E-state index in [-0.39, 0.29) is 11.9 Å². The molecule has 0 aliphatic carbocycles. The van der Waals surface area contributed by atoms with Gasteiger partial charge in [-0.2, -0.15) is 0 Å². The second-order valence-corrected chi connectivity index (χ2v) is 6.47. The summed E-state index contributed by atoms with van der Waals surface area (Å²) in [4.78, 5) is 24.4. The Morgan fingerprint density at radius 3 is 2.71 bits per heavy atom. The van der Waals surface area contributed by atoms with Crippen LogP contribution in [-0.2, 0) is 16.0 Å². The van der Waals surface area contributed by atoms with E-state index in [4.69, 9.17) is 27.9 Å². The molecular formula is C18H15Cl2NO3. The number of benzene rings is 2. The van der Waals surface area contributed by atoms with Crippen LogP contribution in [0, 0.1) is 0 Å². The molecule has 124 valence electrons. The van der Waals surface area contributed by atoms with Crippen molar-refractivity contribution in [2.45, 2.75) is 25.5 Å². The summed E-state index contributed by atoms with van der Waals surface area (Å²) in [5.74, 6) is -0.810. The molecule has 1 aliphatic rings. The molecule has 4 nitrogen and oxygen atoms in total. The van der Waals surface area contributed by atoms with E-state index in [0.29, 0.717) is 22.0 Å². The number of rotatable bonds is 3. The van der Waals surface area contributed by atoms with Gasteiger partial charge in [-0.25, -0.2) is 4.79 Å². The van der Waals surface area contributed by atoms with Crippen molar-refractivity contribution in [2.24, 2.45) is 0 Å². The first-order valence-corrected chi connectivity index (χ1v) is 8.25. The zero-order valence-corrected chi connectivity index (χ0v) is 14.4. The zero-order valence-electron chi connectivity index (χ0n) is 12.9. The maximum absolute atomic E-state index is 12.4. The molecule has 0 spiro atoms. The monoisotopic (exact) mass is 363 g/mol. The van der Waals surface area contributed by atoms with Gasteiger partial charge in [0.1, 0.15) is 0 Å². The highest BCUT2D eigenvalue weighted by Crippen LogP contribution is 2.26. The second-order valence-electron chi connectivity index (χ2n) is 5.66. The zero-order chi connectivity index (χ0) is 17.3. The minimum atomic E-state index is -0.836. The van der Waals surface area contributed by atoms with Crippen LogP contribution in [0.15, 0.2) is 42.5 Å². The molecule has 0 aromatic heterocycles.